The van der Waals surface area contributed by atoms with Gasteiger partial charge >= 0.3 is 17.9 Å². The van der Waals surface area contributed by atoms with Gasteiger partial charge in [0.25, 0.3) is 0 Å². The van der Waals surface area contributed by atoms with E-state index in [1.807, 2.05) is 0 Å². The summed E-state index contributed by atoms with van der Waals surface area (Å²) in [6, 6.07) is 0. The van der Waals surface area contributed by atoms with Crippen LogP contribution < -0.4 is 0 Å². The minimum Gasteiger partial charge on any atom is -0.463 e. The van der Waals surface area contributed by atoms with E-state index < -0.39 is 42.5 Å². The minimum absolute atomic E-state index is 0.0336. The Kier molecular flexibility index (Phi) is 5.90. The van der Waals surface area contributed by atoms with Crippen molar-refractivity contribution in [1.82, 2.24) is 0 Å². The number of carbonyl (C=O) groups is 3. The van der Waals surface area contributed by atoms with Crippen molar-refractivity contribution >= 4 is 17.9 Å². The highest BCUT2D eigenvalue weighted by atomic mass is 16.7. The summed E-state index contributed by atoms with van der Waals surface area (Å²) in [7, 11) is 0. The number of aliphatic hydroxyl groups excluding tert-OH is 1. The molecule has 1 N–H and O–H groups in total. The van der Waals surface area contributed by atoms with Crippen molar-refractivity contribution in [1.29, 1.82) is 0 Å². The van der Waals surface area contributed by atoms with E-state index in [4.69, 9.17) is 18.9 Å². The van der Waals surface area contributed by atoms with Crippen molar-refractivity contribution in [3.05, 3.63) is 0 Å². The molecule has 20 heavy (non-hydrogen) atoms. The van der Waals surface area contributed by atoms with Gasteiger partial charge in [0.15, 0.2) is 12.4 Å². The number of rotatable bonds is 4. The van der Waals surface area contributed by atoms with Gasteiger partial charge < -0.3 is 24.1 Å². The van der Waals surface area contributed by atoms with Gasteiger partial charge in [-0.05, 0) is 0 Å². The predicted octanol–water partition coefficient (Wildman–Crippen LogP) is -0.480. The molecule has 1 rings (SSSR count). The Balaban J connectivity index is 2.82. The van der Waals surface area contributed by atoms with Gasteiger partial charge in [0, 0.05) is 27.2 Å². The Morgan fingerprint density at radius 2 is 1.70 bits per heavy atom. The standard InChI is InChI=1S/C12H18O8/c1-6(13)17-5-10-12(19-8(3)15)9(18-7(2)14)4-11(16)20-10/h9-12,16H,4-5H2,1-3H3/t9-,10+,11-,12+/m1/s1. The van der Waals surface area contributed by atoms with Crippen molar-refractivity contribution in [2.75, 3.05) is 6.61 Å². The fraction of sp³-hybridized carbons (Fsp3) is 0.750. The largest absolute Gasteiger partial charge is 0.463 e. The zero-order valence-electron chi connectivity index (χ0n) is 11.5. The monoisotopic (exact) mass is 290 g/mol. The first-order chi connectivity index (χ1) is 9.29. The maximum atomic E-state index is 11.1. The normalized spacial score (nSPS) is 29.4. The number of hydrogen-bond acceptors (Lipinski definition) is 8. The molecule has 114 valence electrons. The van der Waals surface area contributed by atoms with Crippen LogP contribution in [0.4, 0.5) is 0 Å². The minimum atomic E-state index is -1.20. The summed E-state index contributed by atoms with van der Waals surface area (Å²) < 4.78 is 20.0. The average Bonchev–Trinajstić information content (AvgIpc) is 2.28. The lowest BCUT2D eigenvalue weighted by Gasteiger charge is -2.38. The van der Waals surface area contributed by atoms with Crippen molar-refractivity contribution in [2.45, 2.75) is 51.8 Å². The van der Waals surface area contributed by atoms with E-state index in [1.54, 1.807) is 0 Å². The Morgan fingerprint density at radius 3 is 2.20 bits per heavy atom. The van der Waals surface area contributed by atoms with Crippen molar-refractivity contribution in [2.24, 2.45) is 0 Å². The van der Waals surface area contributed by atoms with Gasteiger partial charge in [-0.1, -0.05) is 0 Å². The fourth-order valence-corrected chi connectivity index (χ4v) is 1.91. The molecular weight excluding hydrogens is 272 g/mol. The van der Waals surface area contributed by atoms with Gasteiger partial charge in [-0.3, -0.25) is 14.4 Å². The molecule has 8 heteroatoms. The molecule has 1 aliphatic heterocycles. The summed E-state index contributed by atoms with van der Waals surface area (Å²) in [4.78, 5) is 33.0. The number of hydrogen-bond donors (Lipinski definition) is 1. The Hall–Kier alpha value is -1.67. The zero-order chi connectivity index (χ0) is 15.3. The molecule has 0 radical (unpaired) electrons. The van der Waals surface area contributed by atoms with Crippen LogP contribution in [-0.4, -0.2) is 54.2 Å². The van der Waals surface area contributed by atoms with Gasteiger partial charge in [-0.25, -0.2) is 0 Å². The predicted molar refractivity (Wildman–Crippen MR) is 63.2 cm³/mol. The molecule has 0 aliphatic carbocycles. The van der Waals surface area contributed by atoms with E-state index in [1.165, 1.54) is 20.8 Å². The van der Waals surface area contributed by atoms with Crippen molar-refractivity contribution in [3.8, 4) is 0 Å². The number of ether oxygens (including phenoxy) is 4. The van der Waals surface area contributed by atoms with E-state index in [0.29, 0.717) is 0 Å². The molecule has 4 atom stereocenters. The molecule has 0 aromatic rings. The maximum absolute atomic E-state index is 11.1. The molecule has 8 nitrogen and oxygen atoms in total. The molecule has 1 heterocycles. The van der Waals surface area contributed by atoms with Crippen molar-refractivity contribution < 1.29 is 38.4 Å². The van der Waals surface area contributed by atoms with Crippen molar-refractivity contribution in [3.63, 3.8) is 0 Å². The van der Waals surface area contributed by atoms with Gasteiger partial charge in [-0.2, -0.15) is 0 Å². The molecule has 0 aromatic heterocycles. The van der Waals surface area contributed by atoms with Crippen LogP contribution in [0.25, 0.3) is 0 Å². The zero-order valence-corrected chi connectivity index (χ0v) is 11.5. The number of aliphatic hydroxyl groups is 1. The first-order valence-electron chi connectivity index (χ1n) is 6.11. The summed E-state index contributed by atoms with van der Waals surface area (Å²) in [5.74, 6) is -1.72. The van der Waals surface area contributed by atoms with Crippen LogP contribution in [0.15, 0.2) is 0 Å². The summed E-state index contributed by atoms with van der Waals surface area (Å²) in [6.45, 7) is 3.39. The van der Waals surface area contributed by atoms with Crippen LogP contribution in [0.1, 0.15) is 27.2 Å². The summed E-state index contributed by atoms with van der Waals surface area (Å²) in [5, 5.41) is 9.59. The third-order valence-electron chi connectivity index (χ3n) is 2.57. The maximum Gasteiger partial charge on any atom is 0.303 e. The molecule has 0 amide bonds. The van der Waals surface area contributed by atoms with Gasteiger partial charge in [0.1, 0.15) is 18.8 Å². The van der Waals surface area contributed by atoms with E-state index >= 15 is 0 Å². The van der Waals surface area contributed by atoms with Crippen LogP contribution in [0, 0.1) is 0 Å². The molecule has 1 saturated heterocycles. The molecule has 0 unspecified atom stereocenters. The lowest BCUT2D eigenvalue weighted by molar-refractivity contribution is -0.252. The summed E-state index contributed by atoms with van der Waals surface area (Å²) in [6.07, 6.45) is -3.95. The lowest BCUT2D eigenvalue weighted by atomic mass is 10.0. The number of carbonyl (C=O) groups excluding carboxylic acids is 3. The SMILES string of the molecule is CC(=O)OC[C@@H]1O[C@@H](O)C[C@@H](OC(C)=O)[C@@H]1OC(C)=O. The Labute approximate surface area is 115 Å². The van der Waals surface area contributed by atoms with E-state index in [2.05, 4.69) is 0 Å². The molecule has 0 saturated carbocycles. The van der Waals surface area contributed by atoms with Gasteiger partial charge in [0.2, 0.25) is 0 Å². The first kappa shape index (κ1) is 16.4. The lowest BCUT2D eigenvalue weighted by Crippen LogP contribution is -2.53. The summed E-state index contributed by atoms with van der Waals surface area (Å²) in [5.41, 5.74) is 0. The van der Waals surface area contributed by atoms with E-state index in [-0.39, 0.29) is 13.0 Å². The molecule has 0 bridgehead atoms. The highest BCUT2D eigenvalue weighted by molar-refractivity contribution is 5.67. The molecule has 1 fully saturated rings. The third kappa shape index (κ3) is 5.14. The van der Waals surface area contributed by atoms with Crippen LogP contribution in [-0.2, 0) is 33.3 Å². The molecule has 0 spiro atoms. The topological polar surface area (TPSA) is 108 Å². The van der Waals surface area contributed by atoms with Gasteiger partial charge in [0.05, 0.1) is 0 Å². The van der Waals surface area contributed by atoms with Crippen LogP contribution in [0.2, 0.25) is 0 Å². The Morgan fingerprint density at radius 1 is 1.10 bits per heavy atom. The van der Waals surface area contributed by atoms with Crippen LogP contribution in [0.5, 0.6) is 0 Å². The van der Waals surface area contributed by atoms with Crippen LogP contribution in [0.3, 0.4) is 0 Å². The smallest absolute Gasteiger partial charge is 0.303 e. The van der Waals surface area contributed by atoms with Crippen LogP contribution >= 0.6 is 0 Å². The highest BCUT2D eigenvalue weighted by Crippen LogP contribution is 2.25. The molecule has 0 aromatic carbocycles. The van der Waals surface area contributed by atoms with E-state index in [0.717, 1.165) is 0 Å². The van der Waals surface area contributed by atoms with E-state index in [9.17, 15) is 19.5 Å². The third-order valence-corrected chi connectivity index (χ3v) is 2.57. The summed E-state index contributed by atoms with van der Waals surface area (Å²) >= 11 is 0. The second kappa shape index (κ2) is 7.20. The fourth-order valence-electron chi connectivity index (χ4n) is 1.91. The highest BCUT2D eigenvalue weighted by Gasteiger charge is 2.43. The first-order valence-corrected chi connectivity index (χ1v) is 6.11. The quantitative estimate of drug-likeness (QED) is 0.546. The van der Waals surface area contributed by atoms with Gasteiger partial charge in [-0.15, -0.1) is 0 Å². The second-order valence-corrected chi connectivity index (χ2v) is 4.39. The molecular formula is C12H18O8. The number of esters is 3. The molecule has 1 aliphatic rings. The average molecular weight is 290 g/mol. The Bertz CT molecular complexity index is 380. The second-order valence-electron chi connectivity index (χ2n) is 4.39.